The molecule has 0 bridgehead atoms. The van der Waals surface area contributed by atoms with Gasteiger partial charge in [-0.15, -0.1) is 22.7 Å². The lowest BCUT2D eigenvalue weighted by molar-refractivity contribution is 1.23. The van der Waals surface area contributed by atoms with Gasteiger partial charge in [0.2, 0.25) is 0 Å². The van der Waals surface area contributed by atoms with E-state index in [1.165, 1.54) is 45.8 Å². The van der Waals surface area contributed by atoms with Crippen molar-refractivity contribution in [2.24, 2.45) is 0 Å². The van der Waals surface area contributed by atoms with Gasteiger partial charge >= 0.3 is 0 Å². The number of hydrogen-bond donors (Lipinski definition) is 0. The van der Waals surface area contributed by atoms with Crippen LogP contribution in [0.1, 0.15) is 15.4 Å². The Bertz CT molecular complexity index is 1580. The summed E-state index contributed by atoms with van der Waals surface area (Å²) in [5.41, 5.74) is 0.199. The van der Waals surface area contributed by atoms with Crippen LogP contribution in [0.5, 0.6) is 0 Å². The molecule has 7 aromatic rings. The fraction of sp³-hybridized carbons (Fsp3) is 0.0286. The van der Waals surface area contributed by atoms with Crippen LogP contribution in [-0.2, 0) is 0 Å². The summed E-state index contributed by atoms with van der Waals surface area (Å²) in [6.45, 7) is 0. The molecule has 2 heterocycles. The van der Waals surface area contributed by atoms with Gasteiger partial charge in [-0.25, -0.2) is 0 Å². The minimum absolute atomic E-state index is 0.199. The van der Waals surface area contributed by atoms with Gasteiger partial charge in [0.25, 0.3) is 0 Å². The number of rotatable bonds is 6. The van der Waals surface area contributed by atoms with E-state index in [1.54, 1.807) is 0 Å². The third-order valence-corrected chi connectivity index (χ3v) is 14.7. The maximum Gasteiger partial charge on any atom is 0.152 e. The zero-order valence-corrected chi connectivity index (χ0v) is 23.3. The lowest BCUT2D eigenvalue weighted by Gasteiger charge is -2.34. The molecule has 0 aliphatic carbocycles. The van der Waals surface area contributed by atoms with E-state index < -0.39 is 7.26 Å². The van der Waals surface area contributed by atoms with Crippen molar-refractivity contribution in [2.75, 3.05) is 0 Å². The highest BCUT2D eigenvalue weighted by Crippen LogP contribution is 2.70. The van der Waals surface area contributed by atoms with E-state index in [0.29, 0.717) is 0 Å². The molecule has 0 radical (unpaired) electrons. The normalized spacial score (nSPS) is 11.9. The summed E-state index contributed by atoms with van der Waals surface area (Å²) in [6.07, 6.45) is 0. The van der Waals surface area contributed by atoms with Crippen LogP contribution in [0.15, 0.2) is 152 Å². The molecule has 0 saturated carbocycles. The average Bonchev–Trinajstić information content (AvgIpc) is 3.61. The molecule has 0 N–H and O–H groups in total. The van der Waals surface area contributed by atoms with Crippen molar-refractivity contribution in [1.29, 1.82) is 0 Å². The Morgan fingerprint density at radius 1 is 0.395 bits per heavy atom. The van der Waals surface area contributed by atoms with Crippen LogP contribution in [0.4, 0.5) is 0 Å². The van der Waals surface area contributed by atoms with E-state index in [0.717, 1.165) is 0 Å². The van der Waals surface area contributed by atoms with Crippen molar-refractivity contribution < 1.29 is 0 Å². The molecular weight excluding hydrogens is 515 g/mol. The SMILES string of the molecule is c1ccc([P+](c2ccccc2)(c2ccccc2)C(c2cc3ccccc3s2)c2cc3ccccc3s2)cc1. The zero-order chi connectivity index (χ0) is 25.4. The monoisotopic (exact) mass is 541 g/mol. The fourth-order valence-electron chi connectivity index (χ4n) is 5.68. The highest BCUT2D eigenvalue weighted by atomic mass is 32.1. The van der Waals surface area contributed by atoms with Gasteiger partial charge in [0.05, 0.1) is 9.75 Å². The first-order valence-electron chi connectivity index (χ1n) is 12.9. The quantitative estimate of drug-likeness (QED) is 0.184. The largest absolute Gasteiger partial charge is 0.152 e. The molecule has 0 atom stereocenters. The summed E-state index contributed by atoms with van der Waals surface area (Å²) < 4.78 is 2.70. The number of benzene rings is 5. The van der Waals surface area contributed by atoms with Crippen molar-refractivity contribution in [1.82, 2.24) is 0 Å². The molecule has 0 aliphatic heterocycles. The summed E-state index contributed by atoms with van der Waals surface area (Å²) in [4.78, 5) is 2.87. The predicted octanol–water partition coefficient (Wildman–Crippen LogP) is 9.20. The Morgan fingerprint density at radius 2 is 0.737 bits per heavy atom. The van der Waals surface area contributed by atoms with E-state index in [9.17, 15) is 0 Å². The topological polar surface area (TPSA) is 0 Å². The third kappa shape index (κ3) is 3.92. The summed E-state index contributed by atoms with van der Waals surface area (Å²) >= 11 is 3.91. The maximum absolute atomic E-state index is 2.46. The van der Waals surface area contributed by atoms with Crippen molar-refractivity contribution in [3.05, 3.63) is 161 Å². The number of fused-ring (bicyclic) bond motifs is 2. The van der Waals surface area contributed by atoms with Gasteiger partial charge in [-0.2, -0.15) is 0 Å². The summed E-state index contributed by atoms with van der Waals surface area (Å²) in [5.74, 6) is 0. The molecule has 2 aromatic heterocycles. The van der Waals surface area contributed by atoms with Crippen molar-refractivity contribution in [2.45, 2.75) is 5.66 Å². The first-order chi connectivity index (χ1) is 18.8. The van der Waals surface area contributed by atoms with E-state index in [-0.39, 0.29) is 5.66 Å². The van der Waals surface area contributed by atoms with Crippen LogP contribution in [0.25, 0.3) is 20.2 Å². The Labute approximate surface area is 232 Å². The average molecular weight is 542 g/mol. The Balaban J connectivity index is 1.64. The van der Waals surface area contributed by atoms with Gasteiger partial charge in [-0.1, -0.05) is 91.0 Å². The van der Waals surface area contributed by atoms with Gasteiger partial charge in [-0.3, -0.25) is 0 Å². The first kappa shape index (κ1) is 23.6. The minimum Gasteiger partial charge on any atom is -0.136 e. The molecule has 38 heavy (non-hydrogen) atoms. The molecule has 0 saturated heterocycles. The van der Waals surface area contributed by atoms with Crippen LogP contribution >= 0.6 is 29.9 Å². The number of hydrogen-bond acceptors (Lipinski definition) is 2. The van der Waals surface area contributed by atoms with Crippen molar-refractivity contribution in [3.63, 3.8) is 0 Å². The highest BCUT2D eigenvalue weighted by Gasteiger charge is 2.55. The Hall–Kier alpha value is -3.55. The van der Waals surface area contributed by atoms with Crippen molar-refractivity contribution in [3.8, 4) is 0 Å². The fourth-order valence-corrected chi connectivity index (χ4v) is 13.8. The summed E-state index contributed by atoms with van der Waals surface area (Å²) in [7, 11) is -2.20. The second-order valence-electron chi connectivity index (χ2n) is 9.51. The van der Waals surface area contributed by atoms with Crippen LogP contribution in [-0.4, -0.2) is 0 Å². The van der Waals surface area contributed by atoms with Gasteiger partial charge in [-0.05, 0) is 71.4 Å². The maximum atomic E-state index is 2.46. The third-order valence-electron chi connectivity index (χ3n) is 7.31. The van der Waals surface area contributed by atoms with Crippen LogP contribution in [0.2, 0.25) is 0 Å². The molecule has 0 aliphatic rings. The smallest absolute Gasteiger partial charge is 0.136 e. The Kier molecular flexibility index (Phi) is 6.18. The first-order valence-corrected chi connectivity index (χ1v) is 16.4. The van der Waals surface area contributed by atoms with Crippen molar-refractivity contribution >= 4 is 66.0 Å². The summed E-state index contributed by atoms with van der Waals surface area (Å²) in [6, 6.07) is 56.4. The Morgan fingerprint density at radius 3 is 1.11 bits per heavy atom. The minimum atomic E-state index is -2.20. The molecule has 0 nitrogen and oxygen atoms in total. The second-order valence-corrected chi connectivity index (χ2v) is 15.2. The molecule has 3 heteroatoms. The van der Waals surface area contributed by atoms with E-state index >= 15 is 0 Å². The highest BCUT2D eigenvalue weighted by molar-refractivity contribution is 7.96. The lowest BCUT2D eigenvalue weighted by atomic mass is 10.2. The molecule has 7 rings (SSSR count). The van der Waals surface area contributed by atoms with Gasteiger partial charge in [0, 0.05) is 9.40 Å². The van der Waals surface area contributed by atoms with Gasteiger partial charge < -0.3 is 0 Å². The lowest BCUT2D eigenvalue weighted by Crippen LogP contribution is -2.35. The molecule has 0 unspecified atom stereocenters. The number of thiophene rings is 2. The molecule has 0 fully saturated rings. The van der Waals surface area contributed by atoms with Crippen LogP contribution < -0.4 is 15.9 Å². The van der Waals surface area contributed by atoms with Crippen LogP contribution in [0.3, 0.4) is 0 Å². The predicted molar refractivity (Wildman–Crippen MR) is 171 cm³/mol. The molecule has 0 spiro atoms. The van der Waals surface area contributed by atoms with Crippen LogP contribution in [0, 0.1) is 0 Å². The molecular formula is C35H26PS2+. The van der Waals surface area contributed by atoms with Gasteiger partial charge in [0.15, 0.2) is 5.66 Å². The zero-order valence-electron chi connectivity index (χ0n) is 20.8. The molecule has 182 valence electrons. The molecule has 5 aromatic carbocycles. The van der Waals surface area contributed by atoms with Gasteiger partial charge in [0.1, 0.15) is 23.2 Å². The summed E-state index contributed by atoms with van der Waals surface area (Å²) in [5, 5.41) is 6.89. The molecule has 0 amide bonds. The standard InChI is InChI=1S/C35H26PS2/c1-4-16-28(17-5-1)36(29-18-6-2-7-19-29,30-20-8-3-9-21-30)35(33-24-26-14-10-12-22-31(26)37-33)34-25-27-15-11-13-23-32(27)38-34/h1-25,35H/q+1. The van der Waals surface area contributed by atoms with E-state index in [1.807, 2.05) is 22.7 Å². The van der Waals surface area contributed by atoms with E-state index in [2.05, 4.69) is 152 Å². The van der Waals surface area contributed by atoms with E-state index in [4.69, 9.17) is 0 Å². The second kappa shape index (κ2) is 9.97.